The molecule has 1 heterocycles. The Morgan fingerprint density at radius 1 is 0.966 bits per heavy atom. The van der Waals surface area contributed by atoms with Crippen LogP contribution in [0.3, 0.4) is 0 Å². The summed E-state index contributed by atoms with van der Waals surface area (Å²) in [4.78, 5) is 9.16. The lowest BCUT2D eigenvalue weighted by molar-refractivity contribution is 0.204. The second kappa shape index (κ2) is 8.67. The van der Waals surface area contributed by atoms with E-state index >= 15 is 0 Å². The molecule has 0 amide bonds. The Balaban J connectivity index is 1.64. The van der Waals surface area contributed by atoms with E-state index in [-0.39, 0.29) is 16.6 Å². The van der Waals surface area contributed by atoms with Gasteiger partial charge >= 0.3 is 0 Å². The molecule has 0 bridgehead atoms. The number of halogens is 1. The van der Waals surface area contributed by atoms with E-state index in [1.807, 2.05) is 18.2 Å². The Morgan fingerprint density at radius 2 is 1.62 bits per heavy atom. The van der Waals surface area contributed by atoms with Crippen LogP contribution in [0.15, 0.2) is 57.9 Å². The molecule has 0 saturated heterocycles. The van der Waals surface area contributed by atoms with Crippen molar-refractivity contribution in [2.24, 2.45) is 5.92 Å². The lowest BCUT2D eigenvalue weighted by Gasteiger charge is -2.22. The molecule has 8 heteroatoms. The molecule has 0 radical (unpaired) electrons. The lowest BCUT2D eigenvalue weighted by atomic mass is 9.90. The van der Waals surface area contributed by atoms with E-state index in [9.17, 15) is 8.42 Å². The number of nitrogens with one attached hydrogen (secondary N) is 1. The highest BCUT2D eigenvalue weighted by Crippen LogP contribution is 2.29. The first-order chi connectivity index (χ1) is 14.0. The number of ether oxygens (including phenoxy) is 1. The molecule has 2 aromatic carbocycles. The first-order valence-electron chi connectivity index (χ1n) is 9.69. The summed E-state index contributed by atoms with van der Waals surface area (Å²) in [6.07, 6.45) is 5.94. The molecule has 1 aromatic heterocycles. The summed E-state index contributed by atoms with van der Waals surface area (Å²) in [5.41, 5.74) is 1.27. The molecule has 29 heavy (non-hydrogen) atoms. The van der Waals surface area contributed by atoms with Crippen LogP contribution in [-0.2, 0) is 10.0 Å². The van der Waals surface area contributed by atoms with Crippen molar-refractivity contribution in [2.45, 2.75) is 37.0 Å². The molecule has 0 aliphatic heterocycles. The molecule has 1 fully saturated rings. The minimum absolute atomic E-state index is 0.113. The van der Waals surface area contributed by atoms with Gasteiger partial charge in [-0.05, 0) is 55.2 Å². The second-order valence-electron chi connectivity index (χ2n) is 7.24. The number of benzene rings is 2. The summed E-state index contributed by atoms with van der Waals surface area (Å²) < 4.78 is 35.1. The zero-order valence-electron chi connectivity index (χ0n) is 15.8. The average Bonchev–Trinajstić information content (AvgIpc) is 2.73. The van der Waals surface area contributed by atoms with Gasteiger partial charge in [0.1, 0.15) is 0 Å². The molecule has 152 valence electrons. The fraction of sp³-hybridized carbons (Fsp3) is 0.333. The van der Waals surface area contributed by atoms with Crippen LogP contribution < -0.4 is 9.46 Å². The average molecular weight is 476 g/mol. The van der Waals surface area contributed by atoms with Gasteiger partial charge in [-0.25, -0.2) is 18.4 Å². The van der Waals surface area contributed by atoms with Crippen molar-refractivity contribution in [1.29, 1.82) is 0 Å². The Labute approximate surface area is 178 Å². The zero-order valence-corrected chi connectivity index (χ0v) is 18.2. The summed E-state index contributed by atoms with van der Waals surface area (Å²) in [5, 5.41) is 0. The van der Waals surface area contributed by atoms with E-state index in [0.717, 1.165) is 17.3 Å². The number of fused-ring (bicyclic) bond motifs is 1. The smallest absolute Gasteiger partial charge is 0.263 e. The first-order valence-corrected chi connectivity index (χ1v) is 12.0. The van der Waals surface area contributed by atoms with Crippen molar-refractivity contribution in [3.05, 3.63) is 53.0 Å². The van der Waals surface area contributed by atoms with Gasteiger partial charge in [-0.15, -0.1) is 0 Å². The third-order valence-corrected chi connectivity index (χ3v) is 6.96. The standard InChI is InChI=1S/C21H22BrN3O3S/c22-16-10-12-17(13-11-16)29(26,27)25-20-21(28-14-15-6-2-1-3-7-15)24-19-9-5-4-8-18(19)23-20/h4-5,8-13,15H,1-3,6-7,14H2,(H,23,25). The quantitative estimate of drug-likeness (QED) is 0.532. The minimum atomic E-state index is -3.82. The molecule has 0 atom stereocenters. The molecule has 1 aliphatic carbocycles. The number of anilines is 1. The monoisotopic (exact) mass is 475 g/mol. The van der Waals surface area contributed by atoms with E-state index in [1.165, 1.54) is 31.4 Å². The molecule has 1 saturated carbocycles. The van der Waals surface area contributed by atoms with Gasteiger partial charge in [-0.3, -0.25) is 4.72 Å². The van der Waals surface area contributed by atoms with E-state index in [4.69, 9.17) is 4.74 Å². The molecular formula is C21H22BrN3O3S. The highest BCUT2D eigenvalue weighted by atomic mass is 79.9. The predicted octanol–water partition coefficient (Wildman–Crippen LogP) is 5.15. The number of hydrogen-bond acceptors (Lipinski definition) is 5. The van der Waals surface area contributed by atoms with Crippen LogP contribution in [0.25, 0.3) is 11.0 Å². The first kappa shape index (κ1) is 20.1. The van der Waals surface area contributed by atoms with Crippen LogP contribution in [0.4, 0.5) is 5.82 Å². The third-order valence-electron chi connectivity index (χ3n) is 5.07. The Hall–Kier alpha value is -2.19. The summed E-state index contributed by atoms with van der Waals surface area (Å²) >= 11 is 3.32. The van der Waals surface area contributed by atoms with Crippen molar-refractivity contribution in [1.82, 2.24) is 9.97 Å². The fourth-order valence-electron chi connectivity index (χ4n) is 3.50. The molecule has 4 rings (SSSR count). The van der Waals surface area contributed by atoms with E-state index in [0.29, 0.717) is 23.6 Å². The van der Waals surface area contributed by atoms with Crippen LogP contribution in [0.1, 0.15) is 32.1 Å². The Bertz CT molecular complexity index is 1100. The van der Waals surface area contributed by atoms with Crippen molar-refractivity contribution in [3.63, 3.8) is 0 Å². The van der Waals surface area contributed by atoms with Crippen LogP contribution in [0.2, 0.25) is 0 Å². The van der Waals surface area contributed by atoms with E-state index < -0.39 is 10.0 Å². The molecular weight excluding hydrogens is 454 g/mol. The van der Waals surface area contributed by atoms with Gasteiger partial charge in [0.15, 0.2) is 0 Å². The molecule has 1 aliphatic rings. The molecule has 6 nitrogen and oxygen atoms in total. The maximum Gasteiger partial charge on any atom is 0.263 e. The minimum Gasteiger partial charge on any atom is -0.475 e. The maximum atomic E-state index is 12.9. The summed E-state index contributed by atoms with van der Waals surface area (Å²) in [6, 6.07) is 13.8. The maximum absolute atomic E-state index is 12.9. The van der Waals surface area contributed by atoms with Crippen LogP contribution in [-0.4, -0.2) is 25.0 Å². The van der Waals surface area contributed by atoms with Gasteiger partial charge in [0.05, 0.1) is 22.5 Å². The second-order valence-corrected chi connectivity index (χ2v) is 9.84. The number of para-hydroxylation sites is 2. The highest BCUT2D eigenvalue weighted by molar-refractivity contribution is 9.10. The van der Waals surface area contributed by atoms with Gasteiger partial charge in [-0.2, -0.15) is 0 Å². The van der Waals surface area contributed by atoms with Crippen molar-refractivity contribution in [2.75, 3.05) is 11.3 Å². The van der Waals surface area contributed by atoms with Crippen LogP contribution in [0.5, 0.6) is 5.88 Å². The number of rotatable bonds is 6. The zero-order chi connectivity index (χ0) is 20.3. The van der Waals surface area contributed by atoms with Gasteiger partial charge in [-0.1, -0.05) is 47.3 Å². The van der Waals surface area contributed by atoms with Crippen LogP contribution in [0, 0.1) is 5.92 Å². The number of hydrogen-bond donors (Lipinski definition) is 1. The van der Waals surface area contributed by atoms with E-state index in [2.05, 4.69) is 30.6 Å². The lowest BCUT2D eigenvalue weighted by Crippen LogP contribution is -2.19. The third kappa shape index (κ3) is 4.87. The number of nitrogens with zero attached hydrogens (tertiary/aromatic N) is 2. The highest BCUT2D eigenvalue weighted by Gasteiger charge is 2.21. The Morgan fingerprint density at radius 3 is 2.31 bits per heavy atom. The molecule has 0 spiro atoms. The molecule has 3 aromatic rings. The fourth-order valence-corrected chi connectivity index (χ4v) is 4.77. The van der Waals surface area contributed by atoms with Gasteiger partial charge < -0.3 is 4.74 Å². The topological polar surface area (TPSA) is 81.2 Å². The van der Waals surface area contributed by atoms with Crippen molar-refractivity contribution < 1.29 is 13.2 Å². The summed E-state index contributed by atoms with van der Waals surface area (Å²) in [5.74, 6) is 0.797. The van der Waals surface area contributed by atoms with Crippen molar-refractivity contribution in [3.8, 4) is 5.88 Å². The van der Waals surface area contributed by atoms with Crippen LogP contribution >= 0.6 is 15.9 Å². The SMILES string of the molecule is O=S(=O)(Nc1nc2ccccc2nc1OCC1CCCCC1)c1ccc(Br)cc1. The van der Waals surface area contributed by atoms with Gasteiger partial charge in [0.25, 0.3) is 15.9 Å². The summed E-state index contributed by atoms with van der Waals surface area (Å²) in [6.45, 7) is 0.514. The van der Waals surface area contributed by atoms with Gasteiger partial charge in [0.2, 0.25) is 5.82 Å². The normalized spacial score (nSPS) is 15.3. The van der Waals surface area contributed by atoms with Gasteiger partial charge in [0, 0.05) is 4.47 Å². The summed E-state index contributed by atoms with van der Waals surface area (Å²) in [7, 11) is -3.82. The van der Waals surface area contributed by atoms with E-state index in [1.54, 1.807) is 18.2 Å². The molecule has 0 unspecified atom stereocenters. The Kier molecular flexibility index (Phi) is 6.01. The number of aromatic nitrogens is 2. The van der Waals surface area contributed by atoms with Crippen molar-refractivity contribution >= 4 is 42.8 Å². The predicted molar refractivity (Wildman–Crippen MR) is 117 cm³/mol. The molecule has 1 N–H and O–H groups in total. The largest absolute Gasteiger partial charge is 0.475 e. The number of sulfonamides is 1.